The van der Waals surface area contributed by atoms with Crippen molar-refractivity contribution in [2.24, 2.45) is 0 Å². The lowest BCUT2D eigenvalue weighted by Gasteiger charge is -2.23. The van der Waals surface area contributed by atoms with E-state index in [-0.39, 0.29) is 11.8 Å². The lowest BCUT2D eigenvalue weighted by molar-refractivity contribution is -0.120. The average molecular weight is 308 g/mol. The number of hydrogen-bond acceptors (Lipinski definition) is 2. The Morgan fingerprint density at radius 3 is 2.43 bits per heavy atom. The highest BCUT2D eigenvalue weighted by Gasteiger charge is 2.33. The zero-order chi connectivity index (χ0) is 16.6. The van der Waals surface area contributed by atoms with Gasteiger partial charge in [0.05, 0.1) is 0 Å². The third-order valence-electron chi connectivity index (χ3n) is 4.19. The second kappa shape index (κ2) is 5.88. The summed E-state index contributed by atoms with van der Waals surface area (Å²) in [6.07, 6.45) is 0. The Labute approximate surface area is 136 Å². The number of aryl methyl sites for hydroxylation is 2. The van der Waals surface area contributed by atoms with Gasteiger partial charge >= 0.3 is 0 Å². The fourth-order valence-corrected chi connectivity index (χ4v) is 3.02. The Kier molecular flexibility index (Phi) is 3.90. The van der Waals surface area contributed by atoms with Crippen LogP contribution >= 0.6 is 0 Å². The molecule has 0 saturated heterocycles. The Morgan fingerprint density at radius 2 is 1.78 bits per heavy atom. The van der Waals surface area contributed by atoms with Crippen LogP contribution < -0.4 is 5.32 Å². The summed E-state index contributed by atoms with van der Waals surface area (Å²) in [6, 6.07) is 12.9. The number of amides is 2. The first kappa shape index (κ1) is 15.3. The van der Waals surface area contributed by atoms with E-state index >= 15 is 0 Å². The lowest BCUT2D eigenvalue weighted by Crippen LogP contribution is -2.42. The highest BCUT2D eigenvalue weighted by Crippen LogP contribution is 2.25. The summed E-state index contributed by atoms with van der Waals surface area (Å²) < 4.78 is 0. The van der Waals surface area contributed by atoms with E-state index in [1.807, 2.05) is 50.2 Å². The van der Waals surface area contributed by atoms with Crippen LogP contribution in [-0.2, 0) is 11.3 Å². The maximum Gasteiger partial charge on any atom is 0.255 e. The van der Waals surface area contributed by atoms with Crippen molar-refractivity contribution in [3.05, 3.63) is 64.7 Å². The number of benzene rings is 2. The molecular formula is C19H20N2O2. The molecule has 0 fully saturated rings. The van der Waals surface area contributed by atoms with E-state index < -0.39 is 6.04 Å². The number of carbonyl (C=O) groups is 2. The van der Waals surface area contributed by atoms with E-state index in [9.17, 15) is 9.59 Å². The van der Waals surface area contributed by atoms with Gasteiger partial charge in [-0.25, -0.2) is 0 Å². The molecule has 0 bridgehead atoms. The third-order valence-corrected chi connectivity index (χ3v) is 4.19. The third kappa shape index (κ3) is 2.97. The number of carbonyl (C=O) groups excluding carboxylic acids is 2. The topological polar surface area (TPSA) is 49.4 Å². The first-order valence-electron chi connectivity index (χ1n) is 7.74. The minimum atomic E-state index is -0.518. The second-order valence-electron chi connectivity index (χ2n) is 6.13. The van der Waals surface area contributed by atoms with E-state index in [0.29, 0.717) is 12.1 Å². The molecule has 1 heterocycles. The summed E-state index contributed by atoms with van der Waals surface area (Å²) in [4.78, 5) is 26.6. The molecule has 2 aromatic rings. The van der Waals surface area contributed by atoms with Crippen LogP contribution in [0.2, 0.25) is 0 Å². The van der Waals surface area contributed by atoms with Gasteiger partial charge in [-0.3, -0.25) is 9.59 Å². The summed E-state index contributed by atoms with van der Waals surface area (Å²) in [7, 11) is 0. The molecule has 118 valence electrons. The monoisotopic (exact) mass is 308 g/mol. The van der Waals surface area contributed by atoms with Crippen LogP contribution in [0.25, 0.3) is 0 Å². The second-order valence-corrected chi connectivity index (χ2v) is 6.13. The van der Waals surface area contributed by atoms with Crippen molar-refractivity contribution in [2.75, 3.05) is 5.32 Å². The van der Waals surface area contributed by atoms with Crippen molar-refractivity contribution < 1.29 is 9.59 Å². The van der Waals surface area contributed by atoms with Crippen LogP contribution in [0, 0.1) is 13.8 Å². The molecule has 1 atom stereocenters. The van der Waals surface area contributed by atoms with Crippen molar-refractivity contribution in [1.29, 1.82) is 0 Å². The highest BCUT2D eigenvalue weighted by atomic mass is 16.2. The van der Waals surface area contributed by atoms with Gasteiger partial charge in [0.1, 0.15) is 6.04 Å². The van der Waals surface area contributed by atoms with Crippen molar-refractivity contribution >= 4 is 17.5 Å². The molecule has 0 radical (unpaired) electrons. The molecule has 1 aliphatic heterocycles. The first-order valence-corrected chi connectivity index (χ1v) is 7.74. The molecular weight excluding hydrogens is 288 g/mol. The SMILES string of the molecule is Cc1cc(C)cc(NC(=O)C(C)N2Cc3ccccc3C2=O)c1. The number of nitrogens with zero attached hydrogens (tertiary/aromatic N) is 1. The highest BCUT2D eigenvalue weighted by molar-refractivity contribution is 6.03. The van der Waals surface area contributed by atoms with Gasteiger partial charge in [-0.2, -0.15) is 0 Å². The summed E-state index contributed by atoms with van der Waals surface area (Å²) in [5.41, 5.74) is 4.63. The zero-order valence-corrected chi connectivity index (χ0v) is 13.6. The summed E-state index contributed by atoms with van der Waals surface area (Å²) in [5.74, 6) is -0.250. The smallest absolute Gasteiger partial charge is 0.255 e. The number of fused-ring (bicyclic) bond motifs is 1. The summed E-state index contributed by atoms with van der Waals surface area (Å²) >= 11 is 0. The minimum absolute atomic E-state index is 0.0799. The molecule has 2 aromatic carbocycles. The first-order chi connectivity index (χ1) is 11.0. The molecule has 0 aliphatic carbocycles. The van der Waals surface area contributed by atoms with Gasteiger partial charge < -0.3 is 10.2 Å². The normalized spacial score (nSPS) is 14.6. The molecule has 0 spiro atoms. The molecule has 0 aromatic heterocycles. The lowest BCUT2D eigenvalue weighted by atomic mass is 10.1. The molecule has 0 saturated carbocycles. The molecule has 1 N–H and O–H groups in total. The number of rotatable bonds is 3. The zero-order valence-electron chi connectivity index (χ0n) is 13.6. The van der Waals surface area contributed by atoms with Gasteiger partial charge in [0.15, 0.2) is 0 Å². The standard InChI is InChI=1S/C19H20N2O2/c1-12-8-13(2)10-16(9-12)20-18(22)14(3)21-11-15-6-4-5-7-17(15)19(21)23/h4-10,14H,11H2,1-3H3,(H,20,22). The van der Waals surface area contributed by atoms with Crippen LogP contribution in [0.15, 0.2) is 42.5 Å². The molecule has 4 nitrogen and oxygen atoms in total. The average Bonchev–Trinajstić information content (AvgIpc) is 2.83. The Balaban J connectivity index is 1.75. The van der Waals surface area contributed by atoms with Crippen LogP contribution in [0.4, 0.5) is 5.69 Å². The van der Waals surface area contributed by atoms with Crippen molar-refractivity contribution in [3.63, 3.8) is 0 Å². The minimum Gasteiger partial charge on any atom is -0.324 e. The van der Waals surface area contributed by atoms with Crippen molar-refractivity contribution in [1.82, 2.24) is 4.90 Å². The van der Waals surface area contributed by atoms with E-state index in [1.54, 1.807) is 11.8 Å². The maximum atomic E-state index is 12.5. The Hall–Kier alpha value is -2.62. The molecule has 4 heteroatoms. The fraction of sp³-hybridized carbons (Fsp3) is 0.263. The van der Waals surface area contributed by atoms with Gasteiger partial charge in [-0.15, -0.1) is 0 Å². The summed E-state index contributed by atoms with van der Waals surface area (Å²) in [6.45, 7) is 6.23. The van der Waals surface area contributed by atoms with E-state index in [4.69, 9.17) is 0 Å². The Morgan fingerprint density at radius 1 is 1.13 bits per heavy atom. The van der Waals surface area contributed by atoms with Gasteiger partial charge in [-0.1, -0.05) is 24.3 Å². The number of anilines is 1. The quantitative estimate of drug-likeness (QED) is 0.946. The number of nitrogens with one attached hydrogen (secondary N) is 1. The maximum absolute atomic E-state index is 12.5. The van der Waals surface area contributed by atoms with Gasteiger partial charge in [0.2, 0.25) is 5.91 Å². The predicted molar refractivity (Wildman–Crippen MR) is 90.3 cm³/mol. The van der Waals surface area contributed by atoms with Crippen molar-refractivity contribution in [3.8, 4) is 0 Å². The molecule has 2 amide bonds. The van der Waals surface area contributed by atoms with E-state index in [2.05, 4.69) is 11.4 Å². The van der Waals surface area contributed by atoms with E-state index in [0.717, 1.165) is 22.4 Å². The molecule has 1 aliphatic rings. The fourth-order valence-electron chi connectivity index (χ4n) is 3.02. The van der Waals surface area contributed by atoms with Crippen molar-refractivity contribution in [2.45, 2.75) is 33.4 Å². The van der Waals surface area contributed by atoms with Crippen LogP contribution in [0.3, 0.4) is 0 Å². The van der Waals surface area contributed by atoms with Crippen LogP contribution in [0.1, 0.15) is 34.0 Å². The Bertz CT molecular complexity index is 762. The number of hydrogen-bond donors (Lipinski definition) is 1. The summed E-state index contributed by atoms with van der Waals surface area (Å²) in [5, 5.41) is 2.91. The van der Waals surface area contributed by atoms with Gasteiger partial charge in [0, 0.05) is 17.8 Å². The predicted octanol–water partition coefficient (Wildman–Crippen LogP) is 3.29. The molecule has 3 rings (SSSR count). The van der Waals surface area contributed by atoms with E-state index in [1.165, 1.54) is 0 Å². The van der Waals surface area contributed by atoms with Gasteiger partial charge in [0.25, 0.3) is 5.91 Å². The largest absolute Gasteiger partial charge is 0.324 e. The molecule has 1 unspecified atom stereocenters. The molecule has 23 heavy (non-hydrogen) atoms. The van der Waals surface area contributed by atoms with Crippen LogP contribution in [0.5, 0.6) is 0 Å². The van der Waals surface area contributed by atoms with Crippen LogP contribution in [-0.4, -0.2) is 22.8 Å². The van der Waals surface area contributed by atoms with Gasteiger partial charge in [-0.05, 0) is 55.7 Å².